The van der Waals surface area contributed by atoms with Crippen LogP contribution in [0.3, 0.4) is 0 Å². The topological polar surface area (TPSA) is 68.5 Å². The average molecular weight is 372 g/mol. The summed E-state index contributed by atoms with van der Waals surface area (Å²) in [6, 6.07) is 23.5. The van der Waals surface area contributed by atoms with Crippen LogP contribution in [0.4, 0.5) is 0 Å². The Morgan fingerprint density at radius 2 is 1.68 bits per heavy atom. The maximum atomic E-state index is 12.4. The summed E-state index contributed by atoms with van der Waals surface area (Å²) in [6.07, 6.45) is 1.24. The standard InChI is InChI=1S/C22H20N4O2/c1-16(22(27)23-15-21-25-24-20-9-5-6-14-26(20)21)28-19-12-10-18(11-13-19)17-7-3-2-4-8-17/h2-14,16H,15H2,1H3,(H,23,27). The highest BCUT2D eigenvalue weighted by Gasteiger charge is 2.15. The molecule has 6 heteroatoms. The number of rotatable bonds is 6. The number of hydrogen-bond acceptors (Lipinski definition) is 4. The van der Waals surface area contributed by atoms with Crippen molar-refractivity contribution in [3.8, 4) is 16.9 Å². The van der Waals surface area contributed by atoms with Gasteiger partial charge < -0.3 is 10.1 Å². The molecule has 0 radical (unpaired) electrons. The van der Waals surface area contributed by atoms with Crippen molar-refractivity contribution in [2.75, 3.05) is 0 Å². The summed E-state index contributed by atoms with van der Waals surface area (Å²) in [7, 11) is 0. The van der Waals surface area contributed by atoms with Crippen molar-refractivity contribution >= 4 is 11.6 Å². The third kappa shape index (κ3) is 3.86. The fourth-order valence-electron chi connectivity index (χ4n) is 2.94. The van der Waals surface area contributed by atoms with Crippen LogP contribution in [0.5, 0.6) is 5.75 Å². The summed E-state index contributed by atoms with van der Waals surface area (Å²) in [5.74, 6) is 1.11. The molecule has 6 nitrogen and oxygen atoms in total. The average Bonchev–Trinajstić information content (AvgIpc) is 3.16. The Balaban J connectivity index is 1.35. The molecule has 0 spiro atoms. The molecule has 1 unspecified atom stereocenters. The first-order chi connectivity index (χ1) is 13.7. The minimum absolute atomic E-state index is 0.209. The van der Waals surface area contributed by atoms with Crippen LogP contribution in [-0.2, 0) is 11.3 Å². The summed E-state index contributed by atoms with van der Waals surface area (Å²) in [5, 5.41) is 11.0. The summed E-state index contributed by atoms with van der Waals surface area (Å²) in [6.45, 7) is 2.01. The van der Waals surface area contributed by atoms with E-state index >= 15 is 0 Å². The molecule has 140 valence electrons. The summed E-state index contributed by atoms with van der Waals surface area (Å²) < 4.78 is 7.61. The predicted molar refractivity (Wildman–Crippen MR) is 107 cm³/mol. The SMILES string of the molecule is CC(Oc1ccc(-c2ccccc2)cc1)C(=O)NCc1nnc2ccccn12. The van der Waals surface area contributed by atoms with Gasteiger partial charge in [-0.1, -0.05) is 48.5 Å². The highest BCUT2D eigenvalue weighted by molar-refractivity contribution is 5.80. The highest BCUT2D eigenvalue weighted by Crippen LogP contribution is 2.22. The van der Waals surface area contributed by atoms with Gasteiger partial charge in [-0.15, -0.1) is 10.2 Å². The number of carbonyl (C=O) groups excluding carboxylic acids is 1. The summed E-state index contributed by atoms with van der Waals surface area (Å²) in [4.78, 5) is 12.4. The minimum atomic E-state index is -0.623. The van der Waals surface area contributed by atoms with E-state index in [0.717, 1.165) is 16.8 Å². The monoisotopic (exact) mass is 372 g/mol. The Kier molecular flexibility index (Phi) is 5.01. The van der Waals surface area contributed by atoms with Crippen molar-refractivity contribution in [2.24, 2.45) is 0 Å². The van der Waals surface area contributed by atoms with Crippen LogP contribution in [0.25, 0.3) is 16.8 Å². The van der Waals surface area contributed by atoms with E-state index in [4.69, 9.17) is 4.74 Å². The Labute approximate surface area is 162 Å². The molecular weight excluding hydrogens is 352 g/mol. The number of aromatic nitrogens is 3. The van der Waals surface area contributed by atoms with Crippen molar-refractivity contribution in [1.82, 2.24) is 19.9 Å². The van der Waals surface area contributed by atoms with Crippen molar-refractivity contribution in [2.45, 2.75) is 19.6 Å². The zero-order valence-corrected chi connectivity index (χ0v) is 15.4. The number of amides is 1. The van der Waals surface area contributed by atoms with Crippen molar-refractivity contribution in [3.63, 3.8) is 0 Å². The first-order valence-corrected chi connectivity index (χ1v) is 9.09. The maximum Gasteiger partial charge on any atom is 0.261 e. The first-order valence-electron chi connectivity index (χ1n) is 9.09. The molecule has 2 aromatic carbocycles. The normalized spacial score (nSPS) is 11.9. The molecule has 4 rings (SSSR count). The molecule has 2 heterocycles. The van der Waals surface area contributed by atoms with Gasteiger partial charge in [-0.25, -0.2) is 0 Å². The second-order valence-electron chi connectivity index (χ2n) is 6.41. The molecule has 1 N–H and O–H groups in total. The fraction of sp³-hybridized carbons (Fsp3) is 0.136. The van der Waals surface area contributed by atoms with Crippen molar-refractivity contribution < 1.29 is 9.53 Å². The number of benzene rings is 2. The van der Waals surface area contributed by atoms with Crippen LogP contribution in [-0.4, -0.2) is 26.6 Å². The van der Waals surface area contributed by atoms with Gasteiger partial charge >= 0.3 is 0 Å². The van der Waals surface area contributed by atoms with Gasteiger partial charge in [-0.2, -0.15) is 0 Å². The van der Waals surface area contributed by atoms with Gasteiger partial charge in [0.25, 0.3) is 5.91 Å². The van der Waals surface area contributed by atoms with E-state index in [2.05, 4.69) is 27.6 Å². The van der Waals surface area contributed by atoms with Gasteiger partial charge in [-0.05, 0) is 42.3 Å². The zero-order valence-electron chi connectivity index (χ0n) is 15.4. The number of pyridine rings is 1. The van der Waals surface area contributed by atoms with E-state index in [9.17, 15) is 4.79 Å². The van der Waals surface area contributed by atoms with Crippen LogP contribution < -0.4 is 10.1 Å². The highest BCUT2D eigenvalue weighted by atomic mass is 16.5. The number of nitrogens with one attached hydrogen (secondary N) is 1. The molecule has 28 heavy (non-hydrogen) atoms. The van der Waals surface area contributed by atoms with Gasteiger partial charge in [0.15, 0.2) is 17.6 Å². The Morgan fingerprint density at radius 3 is 2.46 bits per heavy atom. The molecule has 0 aliphatic heterocycles. The van der Waals surface area contributed by atoms with Gasteiger partial charge in [-0.3, -0.25) is 9.20 Å². The third-order valence-corrected chi connectivity index (χ3v) is 4.45. The van der Waals surface area contributed by atoms with E-state index in [1.165, 1.54) is 0 Å². The zero-order chi connectivity index (χ0) is 19.3. The van der Waals surface area contributed by atoms with Crippen LogP contribution in [0.2, 0.25) is 0 Å². The third-order valence-electron chi connectivity index (χ3n) is 4.45. The van der Waals surface area contributed by atoms with Gasteiger partial charge in [0.2, 0.25) is 0 Å². The lowest BCUT2D eigenvalue weighted by Gasteiger charge is -2.15. The first kappa shape index (κ1) is 17.7. The van der Waals surface area contributed by atoms with Crippen molar-refractivity contribution in [3.05, 3.63) is 84.8 Å². The number of fused-ring (bicyclic) bond motifs is 1. The van der Waals surface area contributed by atoms with E-state index in [-0.39, 0.29) is 12.5 Å². The molecule has 0 aliphatic carbocycles. The molecule has 0 saturated heterocycles. The quantitative estimate of drug-likeness (QED) is 0.563. The second kappa shape index (κ2) is 7.92. The Morgan fingerprint density at radius 1 is 0.964 bits per heavy atom. The van der Waals surface area contributed by atoms with Crippen LogP contribution >= 0.6 is 0 Å². The van der Waals surface area contributed by atoms with Gasteiger partial charge in [0.05, 0.1) is 6.54 Å². The van der Waals surface area contributed by atoms with Gasteiger partial charge in [0.1, 0.15) is 5.75 Å². The lowest BCUT2D eigenvalue weighted by atomic mass is 10.1. The lowest BCUT2D eigenvalue weighted by Crippen LogP contribution is -2.36. The second-order valence-corrected chi connectivity index (χ2v) is 6.41. The largest absolute Gasteiger partial charge is 0.481 e. The molecule has 2 aromatic heterocycles. The summed E-state index contributed by atoms with van der Waals surface area (Å²) in [5.41, 5.74) is 2.98. The molecular formula is C22H20N4O2. The van der Waals surface area contributed by atoms with E-state index in [1.54, 1.807) is 6.92 Å². The lowest BCUT2D eigenvalue weighted by molar-refractivity contribution is -0.127. The van der Waals surface area contributed by atoms with Crippen LogP contribution in [0.15, 0.2) is 79.0 Å². The summed E-state index contributed by atoms with van der Waals surface area (Å²) >= 11 is 0. The molecule has 0 fully saturated rings. The molecule has 4 aromatic rings. The maximum absolute atomic E-state index is 12.4. The predicted octanol–water partition coefficient (Wildman–Crippen LogP) is 3.48. The molecule has 0 bridgehead atoms. The minimum Gasteiger partial charge on any atom is -0.481 e. The fourth-order valence-corrected chi connectivity index (χ4v) is 2.94. The molecule has 0 saturated carbocycles. The number of ether oxygens (including phenoxy) is 1. The van der Waals surface area contributed by atoms with E-state index in [0.29, 0.717) is 11.6 Å². The van der Waals surface area contributed by atoms with Crippen LogP contribution in [0, 0.1) is 0 Å². The molecule has 1 atom stereocenters. The number of nitrogens with zero attached hydrogens (tertiary/aromatic N) is 3. The molecule has 1 amide bonds. The number of carbonyl (C=O) groups is 1. The van der Waals surface area contributed by atoms with Crippen molar-refractivity contribution in [1.29, 1.82) is 0 Å². The van der Waals surface area contributed by atoms with Crippen LogP contribution in [0.1, 0.15) is 12.7 Å². The Bertz CT molecular complexity index is 1070. The number of hydrogen-bond donors (Lipinski definition) is 1. The molecule has 0 aliphatic rings. The Hall–Kier alpha value is -3.67. The van der Waals surface area contributed by atoms with E-state index < -0.39 is 6.10 Å². The van der Waals surface area contributed by atoms with E-state index in [1.807, 2.05) is 71.3 Å². The smallest absolute Gasteiger partial charge is 0.261 e. The van der Waals surface area contributed by atoms with Gasteiger partial charge in [0, 0.05) is 6.20 Å².